The van der Waals surface area contributed by atoms with Gasteiger partial charge in [0.1, 0.15) is 0 Å². The lowest BCUT2D eigenvalue weighted by molar-refractivity contribution is -0.137. The highest BCUT2D eigenvalue weighted by Gasteiger charge is 2.30. The van der Waals surface area contributed by atoms with Crippen LogP contribution in [0.15, 0.2) is 24.3 Å². The van der Waals surface area contributed by atoms with Crippen molar-refractivity contribution >= 4 is 0 Å². The summed E-state index contributed by atoms with van der Waals surface area (Å²) in [7, 11) is 0. The largest absolute Gasteiger partial charge is 0.416 e. The summed E-state index contributed by atoms with van der Waals surface area (Å²) in [5.41, 5.74) is -0.141. The van der Waals surface area contributed by atoms with Crippen LogP contribution < -0.4 is 0 Å². The third-order valence-electron chi connectivity index (χ3n) is 3.40. The predicted molar refractivity (Wildman–Crippen MR) is 73.6 cm³/mol. The van der Waals surface area contributed by atoms with Crippen molar-refractivity contribution in [1.82, 2.24) is 4.90 Å². The number of benzene rings is 1. The van der Waals surface area contributed by atoms with Gasteiger partial charge in [-0.15, -0.1) is 0 Å². The number of halogens is 3. The molecule has 0 aliphatic rings. The van der Waals surface area contributed by atoms with E-state index in [1.54, 1.807) is 6.07 Å². The Morgan fingerprint density at radius 2 is 1.85 bits per heavy atom. The fraction of sp³-hybridized carbons (Fsp3) is 0.600. The Balaban J connectivity index is 2.56. The second kappa shape index (κ2) is 7.64. The van der Waals surface area contributed by atoms with Gasteiger partial charge in [-0.05, 0) is 37.6 Å². The van der Waals surface area contributed by atoms with Crippen LogP contribution in [0.25, 0.3) is 0 Å². The number of hydrogen-bond donors (Lipinski definition) is 1. The standard InChI is InChI=1S/C15H22F3NO/c1-3-19(4-2)9-8-14(20)11-12-6-5-7-13(10-12)15(16,17)18/h5-7,10,14,20H,3-4,8-9,11H2,1-2H3. The van der Waals surface area contributed by atoms with Crippen molar-refractivity contribution in [2.45, 2.75) is 39.0 Å². The molecule has 1 rings (SSSR count). The van der Waals surface area contributed by atoms with E-state index in [0.29, 0.717) is 12.0 Å². The molecule has 0 saturated heterocycles. The minimum absolute atomic E-state index is 0.255. The number of alkyl halides is 3. The van der Waals surface area contributed by atoms with Crippen LogP contribution in [0, 0.1) is 0 Å². The van der Waals surface area contributed by atoms with Crippen molar-refractivity contribution in [1.29, 1.82) is 0 Å². The third kappa shape index (κ3) is 5.51. The summed E-state index contributed by atoms with van der Waals surface area (Å²) in [6.07, 6.45) is -4.12. The molecule has 1 N–H and O–H groups in total. The first kappa shape index (κ1) is 17.0. The zero-order valence-corrected chi connectivity index (χ0v) is 12.0. The normalized spacial score (nSPS) is 13.8. The van der Waals surface area contributed by atoms with Crippen LogP contribution in [-0.4, -0.2) is 35.7 Å². The average Bonchev–Trinajstić information content (AvgIpc) is 2.39. The molecule has 0 amide bonds. The second-order valence-corrected chi connectivity index (χ2v) is 4.87. The monoisotopic (exact) mass is 289 g/mol. The van der Waals surface area contributed by atoms with E-state index < -0.39 is 17.8 Å². The molecule has 1 aromatic rings. The SMILES string of the molecule is CCN(CC)CCC(O)Cc1cccc(C(F)(F)F)c1. The summed E-state index contributed by atoms with van der Waals surface area (Å²) >= 11 is 0. The summed E-state index contributed by atoms with van der Waals surface area (Å²) in [6, 6.07) is 5.16. The topological polar surface area (TPSA) is 23.5 Å². The van der Waals surface area contributed by atoms with Gasteiger partial charge in [0.2, 0.25) is 0 Å². The minimum atomic E-state index is -4.33. The molecule has 0 saturated carbocycles. The third-order valence-corrected chi connectivity index (χ3v) is 3.40. The summed E-state index contributed by atoms with van der Waals surface area (Å²) in [5, 5.41) is 9.93. The molecule has 1 atom stereocenters. The number of hydrogen-bond acceptors (Lipinski definition) is 2. The molecule has 1 unspecified atom stereocenters. The molecule has 0 aliphatic carbocycles. The van der Waals surface area contributed by atoms with Crippen molar-refractivity contribution < 1.29 is 18.3 Å². The first-order valence-electron chi connectivity index (χ1n) is 6.93. The minimum Gasteiger partial charge on any atom is -0.393 e. The van der Waals surface area contributed by atoms with Crippen LogP contribution in [0.4, 0.5) is 13.2 Å². The smallest absolute Gasteiger partial charge is 0.393 e. The van der Waals surface area contributed by atoms with Gasteiger partial charge in [0.25, 0.3) is 0 Å². The molecule has 0 aliphatic heterocycles. The Morgan fingerprint density at radius 3 is 2.40 bits per heavy atom. The van der Waals surface area contributed by atoms with Gasteiger partial charge in [-0.1, -0.05) is 32.0 Å². The lowest BCUT2D eigenvalue weighted by Crippen LogP contribution is -2.27. The Kier molecular flexibility index (Phi) is 6.49. The van der Waals surface area contributed by atoms with Crippen molar-refractivity contribution in [2.75, 3.05) is 19.6 Å². The molecule has 20 heavy (non-hydrogen) atoms. The van der Waals surface area contributed by atoms with Gasteiger partial charge in [0.15, 0.2) is 0 Å². The van der Waals surface area contributed by atoms with E-state index >= 15 is 0 Å². The lowest BCUT2D eigenvalue weighted by atomic mass is 10.0. The summed E-state index contributed by atoms with van der Waals surface area (Å²) < 4.78 is 37.7. The van der Waals surface area contributed by atoms with Gasteiger partial charge >= 0.3 is 6.18 Å². The lowest BCUT2D eigenvalue weighted by Gasteiger charge is -2.20. The Hall–Kier alpha value is -1.07. The van der Waals surface area contributed by atoms with E-state index in [9.17, 15) is 18.3 Å². The Morgan fingerprint density at radius 1 is 1.20 bits per heavy atom. The fourth-order valence-corrected chi connectivity index (χ4v) is 2.12. The van der Waals surface area contributed by atoms with Crippen molar-refractivity contribution in [3.05, 3.63) is 35.4 Å². The maximum atomic E-state index is 12.6. The summed E-state index contributed by atoms with van der Waals surface area (Å²) in [6.45, 7) is 6.66. The molecule has 2 nitrogen and oxygen atoms in total. The number of aliphatic hydroxyl groups is 1. The van der Waals surface area contributed by atoms with Crippen molar-refractivity contribution in [2.24, 2.45) is 0 Å². The van der Waals surface area contributed by atoms with E-state index in [0.717, 1.165) is 31.8 Å². The summed E-state index contributed by atoms with van der Waals surface area (Å²) in [4.78, 5) is 2.18. The maximum Gasteiger partial charge on any atom is 0.416 e. The van der Waals surface area contributed by atoms with Gasteiger partial charge < -0.3 is 10.0 Å². The maximum absolute atomic E-state index is 12.6. The zero-order valence-electron chi connectivity index (χ0n) is 12.0. The Labute approximate surface area is 118 Å². The van der Waals surface area contributed by atoms with Crippen LogP contribution in [0.1, 0.15) is 31.4 Å². The molecule has 0 radical (unpaired) electrons. The molecule has 0 fully saturated rings. The number of aliphatic hydroxyl groups excluding tert-OH is 1. The van der Waals surface area contributed by atoms with Crippen molar-refractivity contribution in [3.8, 4) is 0 Å². The average molecular weight is 289 g/mol. The number of nitrogens with zero attached hydrogens (tertiary/aromatic N) is 1. The van der Waals surface area contributed by atoms with Crippen LogP contribution in [0.2, 0.25) is 0 Å². The van der Waals surface area contributed by atoms with E-state index in [-0.39, 0.29) is 6.42 Å². The van der Waals surface area contributed by atoms with Crippen LogP contribution in [0.5, 0.6) is 0 Å². The first-order chi connectivity index (χ1) is 9.36. The second-order valence-electron chi connectivity index (χ2n) is 4.87. The quantitative estimate of drug-likeness (QED) is 0.832. The Bertz CT molecular complexity index is 402. The molecule has 5 heteroatoms. The molecular formula is C15H22F3NO. The highest BCUT2D eigenvalue weighted by molar-refractivity contribution is 5.26. The van der Waals surface area contributed by atoms with Crippen LogP contribution in [-0.2, 0) is 12.6 Å². The van der Waals surface area contributed by atoms with E-state index in [1.165, 1.54) is 6.07 Å². The molecular weight excluding hydrogens is 267 g/mol. The van der Waals surface area contributed by atoms with Crippen LogP contribution in [0.3, 0.4) is 0 Å². The molecule has 1 aromatic carbocycles. The number of rotatable bonds is 7. The van der Waals surface area contributed by atoms with Gasteiger partial charge in [-0.3, -0.25) is 0 Å². The van der Waals surface area contributed by atoms with Crippen LogP contribution >= 0.6 is 0 Å². The fourth-order valence-electron chi connectivity index (χ4n) is 2.12. The molecule has 0 aromatic heterocycles. The molecule has 0 heterocycles. The first-order valence-corrected chi connectivity index (χ1v) is 6.93. The summed E-state index contributed by atoms with van der Waals surface area (Å²) in [5.74, 6) is 0. The predicted octanol–water partition coefficient (Wildman–Crippen LogP) is 3.34. The van der Waals surface area contributed by atoms with Gasteiger partial charge in [-0.25, -0.2) is 0 Å². The van der Waals surface area contributed by atoms with Crippen molar-refractivity contribution in [3.63, 3.8) is 0 Å². The highest BCUT2D eigenvalue weighted by atomic mass is 19.4. The zero-order chi connectivity index (χ0) is 15.2. The van der Waals surface area contributed by atoms with Gasteiger partial charge in [-0.2, -0.15) is 13.2 Å². The van der Waals surface area contributed by atoms with E-state index in [1.807, 2.05) is 13.8 Å². The molecule has 0 spiro atoms. The van der Waals surface area contributed by atoms with Gasteiger partial charge in [0.05, 0.1) is 11.7 Å². The molecule has 0 bridgehead atoms. The molecule has 114 valence electrons. The van der Waals surface area contributed by atoms with Gasteiger partial charge in [0, 0.05) is 6.54 Å². The van der Waals surface area contributed by atoms with E-state index in [2.05, 4.69) is 4.90 Å². The van der Waals surface area contributed by atoms with E-state index in [4.69, 9.17) is 0 Å². The highest BCUT2D eigenvalue weighted by Crippen LogP contribution is 2.29.